The molecule has 0 radical (unpaired) electrons. The number of hydrogen-bond donors (Lipinski definition) is 11. The first kappa shape index (κ1) is 39.8. The van der Waals surface area contributed by atoms with Crippen LogP contribution in [0, 0.1) is 0 Å². The Morgan fingerprint density at radius 3 is 2.04 bits per heavy atom. The third-order valence-electron chi connectivity index (χ3n) is 9.57. The standard InChI is InChI=1S/C34H42O20/c1-10-20(38)24(42)26(44)33(50-10)53-30-21(39)11(2)49-32(28(30)46)48-9-18-22(40)25(43)27(45)34(52-18)54-31-23(41)19-15(37)7-13(35)8-17(19)51-29(31)12-4-5-14(36)16(6-12)47-3/h4-8,10-11,18,20-22,24-28,30,32-40,42-46H,9H2,1-3H3. The molecule has 3 aliphatic heterocycles. The van der Waals surface area contributed by atoms with E-state index in [0.717, 1.165) is 12.1 Å². The van der Waals surface area contributed by atoms with Crippen LogP contribution >= 0.6 is 0 Å². The van der Waals surface area contributed by atoms with E-state index in [0.29, 0.717) is 0 Å². The maximum Gasteiger partial charge on any atom is 0.239 e. The van der Waals surface area contributed by atoms with Crippen molar-refractivity contribution in [1.29, 1.82) is 0 Å². The number of aliphatic hydroxyl groups excluding tert-OH is 8. The van der Waals surface area contributed by atoms with Crippen LogP contribution in [-0.2, 0) is 23.7 Å². The van der Waals surface area contributed by atoms with E-state index in [9.17, 15) is 61.0 Å². The van der Waals surface area contributed by atoms with Crippen molar-refractivity contribution in [3.63, 3.8) is 0 Å². The fourth-order valence-electron chi connectivity index (χ4n) is 6.42. The fourth-order valence-corrected chi connectivity index (χ4v) is 6.42. The number of phenolic OH excluding ortho intramolecular Hbond substituents is 3. The zero-order valence-electron chi connectivity index (χ0n) is 28.8. The molecule has 11 N–H and O–H groups in total. The second-order valence-corrected chi connectivity index (χ2v) is 13.3. The average molecular weight is 771 g/mol. The Kier molecular flexibility index (Phi) is 11.6. The highest BCUT2D eigenvalue weighted by Gasteiger charge is 2.51. The third kappa shape index (κ3) is 7.41. The molecule has 15 atom stereocenters. The van der Waals surface area contributed by atoms with E-state index >= 15 is 0 Å². The minimum absolute atomic E-state index is 0.0420. The second-order valence-electron chi connectivity index (χ2n) is 13.3. The van der Waals surface area contributed by atoms with Gasteiger partial charge in [0.25, 0.3) is 0 Å². The number of phenols is 3. The van der Waals surface area contributed by atoms with Crippen LogP contribution in [0.1, 0.15) is 13.8 Å². The van der Waals surface area contributed by atoms with Gasteiger partial charge in [0, 0.05) is 17.7 Å². The van der Waals surface area contributed by atoms with Gasteiger partial charge in [-0.2, -0.15) is 0 Å². The van der Waals surface area contributed by atoms with E-state index in [1.54, 1.807) is 0 Å². The Labute approximate surface area is 305 Å². The number of hydrogen-bond acceptors (Lipinski definition) is 20. The predicted octanol–water partition coefficient (Wildman–Crippen LogP) is -2.53. The summed E-state index contributed by atoms with van der Waals surface area (Å²) in [4.78, 5) is 13.8. The Bertz CT molecular complexity index is 1850. The molecule has 54 heavy (non-hydrogen) atoms. The molecule has 2 aromatic carbocycles. The maximum atomic E-state index is 13.8. The lowest BCUT2D eigenvalue weighted by Gasteiger charge is -2.46. The summed E-state index contributed by atoms with van der Waals surface area (Å²) in [5.41, 5.74) is -1.21. The molecule has 6 rings (SSSR count). The van der Waals surface area contributed by atoms with E-state index < -0.39 is 127 Å². The molecule has 20 heteroatoms. The third-order valence-corrected chi connectivity index (χ3v) is 9.57. The monoisotopic (exact) mass is 770 g/mol. The Morgan fingerprint density at radius 2 is 1.33 bits per heavy atom. The predicted molar refractivity (Wildman–Crippen MR) is 176 cm³/mol. The largest absolute Gasteiger partial charge is 0.508 e. The van der Waals surface area contributed by atoms with Gasteiger partial charge >= 0.3 is 0 Å². The summed E-state index contributed by atoms with van der Waals surface area (Å²) < 4.78 is 44.9. The molecular formula is C34H42O20. The first-order valence-electron chi connectivity index (χ1n) is 16.8. The van der Waals surface area contributed by atoms with Gasteiger partial charge in [0.05, 0.1) is 25.9 Å². The van der Waals surface area contributed by atoms with Crippen molar-refractivity contribution >= 4 is 11.0 Å². The van der Waals surface area contributed by atoms with Crippen molar-refractivity contribution in [2.45, 2.75) is 106 Å². The van der Waals surface area contributed by atoms with Gasteiger partial charge in [-0.3, -0.25) is 4.79 Å². The van der Waals surface area contributed by atoms with Crippen molar-refractivity contribution in [3.05, 3.63) is 40.6 Å². The molecule has 298 valence electrons. The van der Waals surface area contributed by atoms with Gasteiger partial charge in [-0.25, -0.2) is 0 Å². The molecule has 15 unspecified atom stereocenters. The minimum atomic E-state index is -2.01. The van der Waals surface area contributed by atoms with Crippen molar-refractivity contribution < 1.29 is 93.7 Å². The zero-order valence-corrected chi connectivity index (χ0v) is 28.8. The number of fused-ring (bicyclic) bond motifs is 1. The van der Waals surface area contributed by atoms with E-state index in [1.165, 1.54) is 39.2 Å². The fraction of sp³-hybridized carbons (Fsp3) is 0.559. The summed E-state index contributed by atoms with van der Waals surface area (Å²) in [6, 6.07) is 5.75. The highest BCUT2D eigenvalue weighted by atomic mass is 16.7. The van der Waals surface area contributed by atoms with Gasteiger partial charge in [0.15, 0.2) is 29.8 Å². The SMILES string of the molecule is COc1cc(-c2oc3cc(O)cc(O)c3c(=O)c2OC2OC(COC3OC(C)C(O)C(OC4OC(C)C(O)C(O)C4O)C3O)C(O)C(O)C2O)ccc1O. The van der Waals surface area contributed by atoms with Gasteiger partial charge in [-0.1, -0.05) is 0 Å². The molecule has 1 aromatic heterocycles. The molecule has 0 saturated carbocycles. The Hall–Kier alpha value is -3.87. The van der Waals surface area contributed by atoms with Crippen LogP contribution in [-0.4, -0.2) is 162 Å². The molecule has 4 heterocycles. The average Bonchev–Trinajstić information content (AvgIpc) is 3.13. The van der Waals surface area contributed by atoms with Crippen LogP contribution in [0.2, 0.25) is 0 Å². The number of ether oxygens (including phenoxy) is 7. The van der Waals surface area contributed by atoms with Crippen molar-refractivity contribution in [1.82, 2.24) is 0 Å². The van der Waals surface area contributed by atoms with Crippen molar-refractivity contribution in [2.24, 2.45) is 0 Å². The molecule has 0 aliphatic carbocycles. The summed E-state index contributed by atoms with van der Waals surface area (Å²) in [5, 5.41) is 115. The Balaban J connectivity index is 1.24. The maximum absolute atomic E-state index is 13.8. The summed E-state index contributed by atoms with van der Waals surface area (Å²) >= 11 is 0. The van der Waals surface area contributed by atoms with Gasteiger partial charge in [0.2, 0.25) is 17.5 Å². The summed E-state index contributed by atoms with van der Waals surface area (Å²) in [5.74, 6) is -2.46. The molecule has 20 nitrogen and oxygen atoms in total. The van der Waals surface area contributed by atoms with Crippen LogP contribution < -0.4 is 14.9 Å². The molecule has 0 bridgehead atoms. The normalized spacial score (nSPS) is 37.3. The molecule has 3 saturated heterocycles. The van der Waals surface area contributed by atoms with E-state index in [2.05, 4.69) is 0 Å². The number of methoxy groups -OCH3 is 1. The highest BCUT2D eigenvalue weighted by molar-refractivity contribution is 5.88. The summed E-state index contributed by atoms with van der Waals surface area (Å²) in [6.07, 6.45) is -24.3. The van der Waals surface area contributed by atoms with Crippen LogP contribution in [0.4, 0.5) is 0 Å². The van der Waals surface area contributed by atoms with Gasteiger partial charge in [-0.15, -0.1) is 0 Å². The first-order chi connectivity index (χ1) is 25.5. The zero-order chi connectivity index (χ0) is 39.3. The van der Waals surface area contributed by atoms with E-state index in [1.807, 2.05) is 0 Å². The number of benzene rings is 2. The molecular weight excluding hydrogens is 728 g/mol. The highest BCUT2D eigenvalue weighted by Crippen LogP contribution is 2.40. The van der Waals surface area contributed by atoms with Gasteiger partial charge in [0.1, 0.15) is 83.5 Å². The lowest BCUT2D eigenvalue weighted by molar-refractivity contribution is -0.358. The number of aromatic hydroxyl groups is 3. The first-order valence-corrected chi connectivity index (χ1v) is 16.8. The van der Waals surface area contributed by atoms with Crippen LogP contribution in [0.3, 0.4) is 0 Å². The quantitative estimate of drug-likeness (QED) is 0.107. The lowest BCUT2D eigenvalue weighted by Crippen LogP contribution is -2.64. The van der Waals surface area contributed by atoms with Crippen LogP contribution in [0.15, 0.2) is 39.5 Å². The van der Waals surface area contributed by atoms with Gasteiger partial charge < -0.3 is 93.7 Å². The summed E-state index contributed by atoms with van der Waals surface area (Å²) in [6.45, 7) is 2.14. The molecule has 0 spiro atoms. The lowest BCUT2D eigenvalue weighted by atomic mass is 9.97. The topological polar surface area (TPSA) is 317 Å². The van der Waals surface area contributed by atoms with Gasteiger partial charge in [-0.05, 0) is 32.0 Å². The minimum Gasteiger partial charge on any atom is -0.508 e. The van der Waals surface area contributed by atoms with E-state index in [-0.39, 0.29) is 28.4 Å². The van der Waals surface area contributed by atoms with Crippen LogP contribution in [0.25, 0.3) is 22.3 Å². The molecule has 3 aromatic rings. The number of aliphatic hydroxyl groups is 8. The second kappa shape index (κ2) is 15.7. The Morgan fingerprint density at radius 1 is 0.685 bits per heavy atom. The van der Waals surface area contributed by atoms with Crippen LogP contribution in [0.5, 0.6) is 28.7 Å². The smallest absolute Gasteiger partial charge is 0.239 e. The molecule has 3 fully saturated rings. The summed E-state index contributed by atoms with van der Waals surface area (Å²) in [7, 11) is 1.27. The van der Waals surface area contributed by atoms with E-state index in [4.69, 9.17) is 37.6 Å². The number of rotatable bonds is 9. The van der Waals surface area contributed by atoms with Crippen molar-refractivity contribution in [3.8, 4) is 40.1 Å². The molecule has 3 aliphatic rings. The van der Waals surface area contributed by atoms with Crippen molar-refractivity contribution in [2.75, 3.05) is 13.7 Å². The molecule has 0 amide bonds.